The van der Waals surface area contributed by atoms with Crippen molar-refractivity contribution >= 4 is 35.0 Å². The Bertz CT molecular complexity index is 1000. The van der Waals surface area contributed by atoms with E-state index in [4.69, 9.17) is 32.7 Å². The highest BCUT2D eigenvalue weighted by molar-refractivity contribution is 6.42. The molecule has 0 aliphatic carbocycles. The molecule has 2 heterocycles. The van der Waals surface area contributed by atoms with Gasteiger partial charge in [-0.2, -0.15) is 0 Å². The molecule has 0 radical (unpaired) electrons. The van der Waals surface area contributed by atoms with Crippen LogP contribution in [0.15, 0.2) is 48.5 Å². The molecular formula is C26H31Cl2N3O4. The number of nitrogens with zero attached hydrogens (tertiary/aromatic N) is 3. The molecule has 35 heavy (non-hydrogen) atoms. The summed E-state index contributed by atoms with van der Waals surface area (Å²) >= 11 is 12.1. The summed E-state index contributed by atoms with van der Waals surface area (Å²) in [4.78, 5) is 32.3. The maximum atomic E-state index is 13.3. The molecule has 2 aromatic carbocycles. The second-order valence-electron chi connectivity index (χ2n) is 8.83. The van der Waals surface area contributed by atoms with Gasteiger partial charge < -0.3 is 19.3 Å². The van der Waals surface area contributed by atoms with Crippen LogP contribution in [0.1, 0.15) is 15.9 Å². The second kappa shape index (κ2) is 12.7. The van der Waals surface area contributed by atoms with Crippen LogP contribution in [-0.2, 0) is 20.7 Å². The third-order valence-corrected chi connectivity index (χ3v) is 7.10. The molecule has 4 rings (SSSR count). The van der Waals surface area contributed by atoms with Gasteiger partial charge in [0, 0.05) is 51.4 Å². The summed E-state index contributed by atoms with van der Waals surface area (Å²) in [6.07, 6.45) is 0.0719. The molecule has 2 amide bonds. The molecule has 0 saturated carbocycles. The average molecular weight is 520 g/mol. The highest BCUT2D eigenvalue weighted by Gasteiger charge is 2.28. The third-order valence-electron chi connectivity index (χ3n) is 6.36. The lowest BCUT2D eigenvalue weighted by molar-refractivity contribution is -0.134. The van der Waals surface area contributed by atoms with Crippen LogP contribution in [0.3, 0.4) is 0 Å². The zero-order valence-electron chi connectivity index (χ0n) is 19.7. The van der Waals surface area contributed by atoms with Crippen LogP contribution >= 0.6 is 23.2 Å². The van der Waals surface area contributed by atoms with E-state index in [1.54, 1.807) is 23.1 Å². The molecule has 0 N–H and O–H groups in total. The van der Waals surface area contributed by atoms with Crippen LogP contribution in [-0.4, -0.2) is 98.3 Å². The first-order valence-electron chi connectivity index (χ1n) is 12.0. The Morgan fingerprint density at radius 3 is 2.49 bits per heavy atom. The van der Waals surface area contributed by atoms with E-state index in [0.717, 1.165) is 38.4 Å². The first kappa shape index (κ1) is 25.9. The molecule has 7 nitrogen and oxygen atoms in total. The van der Waals surface area contributed by atoms with Crippen molar-refractivity contribution in [1.29, 1.82) is 0 Å². The fraction of sp³-hybridized carbons (Fsp3) is 0.462. The quantitative estimate of drug-likeness (QED) is 0.535. The monoisotopic (exact) mass is 519 g/mol. The van der Waals surface area contributed by atoms with Crippen molar-refractivity contribution in [1.82, 2.24) is 14.7 Å². The van der Waals surface area contributed by atoms with Crippen molar-refractivity contribution in [2.24, 2.45) is 0 Å². The number of amides is 2. The van der Waals surface area contributed by atoms with Gasteiger partial charge in [-0.15, -0.1) is 0 Å². The van der Waals surface area contributed by atoms with Crippen molar-refractivity contribution in [3.05, 3.63) is 69.7 Å². The zero-order valence-corrected chi connectivity index (χ0v) is 21.2. The van der Waals surface area contributed by atoms with Crippen LogP contribution in [0.2, 0.25) is 10.0 Å². The summed E-state index contributed by atoms with van der Waals surface area (Å²) in [5.41, 5.74) is 1.47. The number of carbonyl (C=O) groups is 2. The van der Waals surface area contributed by atoms with Crippen molar-refractivity contribution in [3.8, 4) is 0 Å². The summed E-state index contributed by atoms with van der Waals surface area (Å²) in [5.74, 6) is -0.0617. The van der Waals surface area contributed by atoms with E-state index >= 15 is 0 Å². The van der Waals surface area contributed by atoms with Crippen LogP contribution in [0, 0.1) is 0 Å². The van der Waals surface area contributed by atoms with Gasteiger partial charge in [0.25, 0.3) is 5.91 Å². The lowest BCUT2D eigenvalue weighted by Gasteiger charge is -2.37. The van der Waals surface area contributed by atoms with Gasteiger partial charge in [-0.05, 0) is 23.8 Å². The molecular weight excluding hydrogens is 489 g/mol. The van der Waals surface area contributed by atoms with Crippen molar-refractivity contribution in [3.63, 3.8) is 0 Å². The van der Waals surface area contributed by atoms with Gasteiger partial charge in [0.2, 0.25) is 5.91 Å². The Labute approximate surface area is 216 Å². The number of hydrogen-bond donors (Lipinski definition) is 0. The van der Waals surface area contributed by atoms with Gasteiger partial charge in [0.05, 0.1) is 42.4 Å². The minimum absolute atomic E-state index is 0.0565. The van der Waals surface area contributed by atoms with Gasteiger partial charge in [0.1, 0.15) is 0 Å². The molecule has 2 aromatic rings. The van der Waals surface area contributed by atoms with E-state index < -0.39 is 0 Å². The summed E-state index contributed by atoms with van der Waals surface area (Å²) in [6, 6.07) is 14.7. The number of ether oxygens (including phenoxy) is 2. The fourth-order valence-corrected chi connectivity index (χ4v) is 4.66. The predicted molar refractivity (Wildman–Crippen MR) is 136 cm³/mol. The van der Waals surface area contributed by atoms with E-state index in [0.29, 0.717) is 54.8 Å². The normalized spacial score (nSPS) is 18.9. The van der Waals surface area contributed by atoms with Crippen LogP contribution in [0.5, 0.6) is 0 Å². The molecule has 2 fully saturated rings. The smallest absolute Gasteiger partial charge is 0.254 e. The van der Waals surface area contributed by atoms with Crippen molar-refractivity contribution < 1.29 is 19.1 Å². The first-order chi connectivity index (χ1) is 17.0. The van der Waals surface area contributed by atoms with E-state index in [1.807, 2.05) is 35.2 Å². The number of carbonyl (C=O) groups excluding carboxylic acids is 2. The Balaban J connectivity index is 1.40. The largest absolute Gasteiger partial charge is 0.379 e. The van der Waals surface area contributed by atoms with Gasteiger partial charge in [-0.25, -0.2) is 0 Å². The van der Waals surface area contributed by atoms with Gasteiger partial charge >= 0.3 is 0 Å². The Morgan fingerprint density at radius 2 is 1.74 bits per heavy atom. The lowest BCUT2D eigenvalue weighted by atomic mass is 10.1. The lowest BCUT2D eigenvalue weighted by Crippen LogP contribution is -2.52. The highest BCUT2D eigenvalue weighted by Crippen LogP contribution is 2.24. The molecule has 2 aliphatic rings. The van der Waals surface area contributed by atoms with Crippen LogP contribution in [0.4, 0.5) is 0 Å². The molecule has 0 spiro atoms. The Kier molecular flexibility index (Phi) is 9.40. The summed E-state index contributed by atoms with van der Waals surface area (Å²) in [5, 5.41) is 0.763. The SMILES string of the molecule is O=C(Cc1ccccc1)N(CCN1CCOCC1)C[C@H]1CN(C(=O)c2ccc(Cl)c(Cl)c2)CCO1. The standard InChI is InChI=1S/C26H31Cl2N3O4/c27-23-7-6-21(17-24(23)28)26(33)31-12-15-35-22(19-31)18-30(9-8-29-10-13-34-14-11-29)25(32)16-20-4-2-1-3-5-20/h1-7,17,22H,8-16,18-19H2/t22-/m0/s1. The molecule has 0 bridgehead atoms. The summed E-state index contributed by atoms with van der Waals surface area (Å²) in [7, 11) is 0. The van der Waals surface area contributed by atoms with Crippen LogP contribution < -0.4 is 0 Å². The van der Waals surface area contributed by atoms with Gasteiger partial charge in [-0.3, -0.25) is 14.5 Å². The number of morpholine rings is 2. The maximum Gasteiger partial charge on any atom is 0.254 e. The summed E-state index contributed by atoms with van der Waals surface area (Å²) < 4.78 is 11.4. The van der Waals surface area contributed by atoms with Crippen molar-refractivity contribution in [2.45, 2.75) is 12.5 Å². The molecule has 9 heteroatoms. The maximum absolute atomic E-state index is 13.3. The van der Waals surface area contributed by atoms with Crippen LogP contribution in [0.25, 0.3) is 0 Å². The topological polar surface area (TPSA) is 62.3 Å². The highest BCUT2D eigenvalue weighted by atomic mass is 35.5. The Morgan fingerprint density at radius 1 is 0.971 bits per heavy atom. The number of benzene rings is 2. The molecule has 0 aromatic heterocycles. The van der Waals surface area contributed by atoms with E-state index in [9.17, 15) is 9.59 Å². The minimum atomic E-state index is -0.264. The molecule has 1 atom stereocenters. The molecule has 2 saturated heterocycles. The third kappa shape index (κ3) is 7.41. The minimum Gasteiger partial charge on any atom is -0.379 e. The second-order valence-corrected chi connectivity index (χ2v) is 9.64. The molecule has 0 unspecified atom stereocenters. The van der Waals surface area contributed by atoms with E-state index in [1.165, 1.54) is 0 Å². The Hall–Kier alpha value is -2.16. The molecule has 2 aliphatic heterocycles. The number of rotatable bonds is 8. The zero-order chi connectivity index (χ0) is 24.6. The number of hydrogen-bond acceptors (Lipinski definition) is 5. The van der Waals surface area contributed by atoms with E-state index in [-0.39, 0.29) is 17.9 Å². The number of halogens is 2. The fourth-order valence-electron chi connectivity index (χ4n) is 4.36. The molecule has 188 valence electrons. The van der Waals surface area contributed by atoms with Crippen molar-refractivity contribution in [2.75, 3.05) is 65.6 Å². The first-order valence-corrected chi connectivity index (χ1v) is 12.7. The van der Waals surface area contributed by atoms with Gasteiger partial charge in [-0.1, -0.05) is 53.5 Å². The van der Waals surface area contributed by atoms with Gasteiger partial charge in [0.15, 0.2) is 0 Å². The predicted octanol–water partition coefficient (Wildman–Crippen LogP) is 3.24. The van der Waals surface area contributed by atoms with E-state index in [2.05, 4.69) is 4.90 Å². The average Bonchev–Trinajstić information content (AvgIpc) is 2.89. The summed E-state index contributed by atoms with van der Waals surface area (Å²) in [6.45, 7) is 6.30.